The van der Waals surface area contributed by atoms with Gasteiger partial charge >= 0.3 is 0 Å². The number of fused-ring (bicyclic) bond motifs is 2. The topological polar surface area (TPSA) is 55.0 Å². The minimum Gasteiger partial charge on any atom is -0.493 e. The maximum atomic E-state index is 12.0. The van der Waals surface area contributed by atoms with Crippen molar-refractivity contribution in [2.45, 2.75) is 17.9 Å². The molecule has 2 aliphatic rings. The van der Waals surface area contributed by atoms with Crippen LogP contribution in [0.5, 0.6) is 5.75 Å². The van der Waals surface area contributed by atoms with Crippen molar-refractivity contribution in [2.24, 2.45) is 0 Å². The van der Waals surface area contributed by atoms with E-state index in [1.807, 2.05) is 12.1 Å². The average molecular weight is 272 g/mol. The molecule has 2 aromatic rings. The average Bonchev–Trinajstić information content (AvgIpc) is 3.06. The summed E-state index contributed by atoms with van der Waals surface area (Å²) < 4.78 is 5.49. The molecule has 0 atom stereocenters. The fourth-order valence-electron chi connectivity index (χ4n) is 2.53. The van der Waals surface area contributed by atoms with Gasteiger partial charge in [0.15, 0.2) is 0 Å². The molecule has 5 heteroatoms. The van der Waals surface area contributed by atoms with E-state index in [1.165, 1.54) is 5.56 Å². The van der Waals surface area contributed by atoms with Gasteiger partial charge in [0.25, 0.3) is 5.56 Å². The Balaban J connectivity index is 1.85. The third-order valence-corrected chi connectivity index (χ3v) is 4.52. The Bertz CT molecular complexity index is 724. The summed E-state index contributed by atoms with van der Waals surface area (Å²) in [5.41, 5.74) is 3.91. The van der Waals surface area contributed by atoms with Crippen LogP contribution in [0.15, 0.2) is 23.0 Å². The fourth-order valence-corrected chi connectivity index (χ4v) is 3.57. The lowest BCUT2D eigenvalue weighted by Crippen LogP contribution is -2.15. The van der Waals surface area contributed by atoms with Gasteiger partial charge in [0.2, 0.25) is 0 Å². The number of nitrogens with one attached hydrogen (secondary N) is 1. The summed E-state index contributed by atoms with van der Waals surface area (Å²) in [5.74, 6) is 3.22. The number of hydrogen-bond donors (Lipinski definition) is 1. The molecule has 0 spiro atoms. The first-order valence-electron chi connectivity index (χ1n) is 6.27. The van der Waals surface area contributed by atoms with Crippen LogP contribution in [0.1, 0.15) is 16.8 Å². The molecule has 4 rings (SSSR count). The number of H-pyrrole nitrogens is 1. The van der Waals surface area contributed by atoms with Gasteiger partial charge in [0.05, 0.1) is 12.3 Å². The number of ether oxygens (including phenoxy) is 1. The molecular formula is C14H12N2O2S. The van der Waals surface area contributed by atoms with E-state index in [-0.39, 0.29) is 5.56 Å². The van der Waals surface area contributed by atoms with Crippen molar-refractivity contribution in [1.82, 2.24) is 9.97 Å². The molecule has 19 heavy (non-hydrogen) atoms. The summed E-state index contributed by atoms with van der Waals surface area (Å²) in [7, 11) is 0. The minimum atomic E-state index is 0.00162. The van der Waals surface area contributed by atoms with Crippen molar-refractivity contribution < 1.29 is 4.74 Å². The Hall–Kier alpha value is -1.75. The molecule has 4 nitrogen and oxygen atoms in total. The first-order chi connectivity index (χ1) is 9.31. The molecule has 0 bridgehead atoms. The number of benzene rings is 1. The van der Waals surface area contributed by atoms with Gasteiger partial charge in [0.1, 0.15) is 11.6 Å². The van der Waals surface area contributed by atoms with E-state index in [2.05, 4.69) is 16.0 Å². The smallest absolute Gasteiger partial charge is 0.255 e. The third kappa shape index (κ3) is 1.76. The molecule has 0 unspecified atom stereocenters. The van der Waals surface area contributed by atoms with Crippen LogP contribution in [0.2, 0.25) is 0 Å². The maximum absolute atomic E-state index is 12.0. The van der Waals surface area contributed by atoms with Gasteiger partial charge in [0, 0.05) is 29.1 Å². The van der Waals surface area contributed by atoms with Gasteiger partial charge in [-0.05, 0) is 23.8 Å². The van der Waals surface area contributed by atoms with Crippen molar-refractivity contribution in [3.63, 3.8) is 0 Å². The molecule has 1 N–H and O–H groups in total. The Labute approximate surface area is 114 Å². The van der Waals surface area contributed by atoms with Gasteiger partial charge < -0.3 is 9.72 Å². The van der Waals surface area contributed by atoms with Crippen molar-refractivity contribution in [2.75, 3.05) is 6.61 Å². The molecule has 0 saturated heterocycles. The molecule has 96 valence electrons. The van der Waals surface area contributed by atoms with Crippen LogP contribution in [0.25, 0.3) is 11.4 Å². The van der Waals surface area contributed by atoms with Gasteiger partial charge in [-0.2, -0.15) is 11.8 Å². The number of aromatic amines is 1. The molecule has 2 aliphatic heterocycles. The number of rotatable bonds is 1. The largest absolute Gasteiger partial charge is 0.493 e. The monoisotopic (exact) mass is 272 g/mol. The van der Waals surface area contributed by atoms with E-state index in [0.717, 1.165) is 47.1 Å². The predicted octanol–water partition coefficient (Wildman–Crippen LogP) is 2.12. The van der Waals surface area contributed by atoms with Crippen LogP contribution in [0, 0.1) is 0 Å². The van der Waals surface area contributed by atoms with Crippen molar-refractivity contribution in [3.05, 3.63) is 45.4 Å². The van der Waals surface area contributed by atoms with Crippen LogP contribution in [-0.4, -0.2) is 16.6 Å². The highest BCUT2D eigenvalue weighted by Crippen LogP contribution is 2.30. The number of hydrogen-bond acceptors (Lipinski definition) is 4. The van der Waals surface area contributed by atoms with Crippen LogP contribution in [0.4, 0.5) is 0 Å². The van der Waals surface area contributed by atoms with Gasteiger partial charge in [-0.15, -0.1) is 0 Å². The fraction of sp³-hybridized carbons (Fsp3) is 0.286. The van der Waals surface area contributed by atoms with Crippen molar-refractivity contribution >= 4 is 11.8 Å². The van der Waals surface area contributed by atoms with E-state index >= 15 is 0 Å². The molecule has 0 aliphatic carbocycles. The number of thioether (sulfide) groups is 1. The van der Waals surface area contributed by atoms with E-state index < -0.39 is 0 Å². The molecule has 0 fully saturated rings. The quantitative estimate of drug-likeness (QED) is 0.864. The second kappa shape index (κ2) is 4.13. The highest BCUT2D eigenvalue weighted by atomic mass is 32.2. The lowest BCUT2D eigenvalue weighted by molar-refractivity contribution is 0.357. The maximum Gasteiger partial charge on any atom is 0.255 e. The SMILES string of the molecule is O=c1[nH]c(-c2ccc3c(c2)CCO3)nc2c1CSC2. The lowest BCUT2D eigenvalue weighted by atomic mass is 10.1. The zero-order valence-corrected chi connectivity index (χ0v) is 11.0. The van der Waals surface area contributed by atoms with Crippen LogP contribution >= 0.6 is 11.8 Å². The zero-order chi connectivity index (χ0) is 12.8. The second-order valence-corrected chi connectivity index (χ2v) is 5.74. The minimum absolute atomic E-state index is 0.00162. The number of aromatic nitrogens is 2. The molecule has 0 amide bonds. The Morgan fingerprint density at radius 3 is 3.21 bits per heavy atom. The summed E-state index contributed by atoms with van der Waals surface area (Å²) in [6.45, 7) is 0.740. The van der Waals surface area contributed by atoms with E-state index in [4.69, 9.17) is 4.74 Å². The molecule has 3 heterocycles. The van der Waals surface area contributed by atoms with Crippen LogP contribution < -0.4 is 10.3 Å². The summed E-state index contributed by atoms with van der Waals surface area (Å²) in [6, 6.07) is 5.98. The molecular weight excluding hydrogens is 260 g/mol. The molecule has 1 aromatic carbocycles. The van der Waals surface area contributed by atoms with E-state index in [9.17, 15) is 4.79 Å². The Kier molecular flexibility index (Phi) is 2.41. The normalized spacial score (nSPS) is 16.0. The summed E-state index contributed by atoms with van der Waals surface area (Å²) >= 11 is 1.74. The van der Waals surface area contributed by atoms with Crippen LogP contribution in [0.3, 0.4) is 0 Å². The van der Waals surface area contributed by atoms with Gasteiger partial charge in [-0.1, -0.05) is 0 Å². The zero-order valence-electron chi connectivity index (χ0n) is 10.2. The molecule has 1 aromatic heterocycles. The van der Waals surface area contributed by atoms with Crippen LogP contribution in [-0.2, 0) is 17.9 Å². The first kappa shape index (κ1) is 11.1. The standard InChI is InChI=1S/C14H12N2O2S/c17-14-10-6-19-7-11(10)15-13(16-14)9-1-2-12-8(5-9)3-4-18-12/h1-2,5H,3-4,6-7H2,(H,15,16,17). The lowest BCUT2D eigenvalue weighted by Gasteiger charge is -2.05. The van der Waals surface area contributed by atoms with E-state index in [0.29, 0.717) is 5.82 Å². The Morgan fingerprint density at radius 2 is 2.26 bits per heavy atom. The highest BCUT2D eigenvalue weighted by molar-refractivity contribution is 7.98. The number of nitrogens with zero attached hydrogens (tertiary/aromatic N) is 1. The Morgan fingerprint density at radius 1 is 1.32 bits per heavy atom. The molecule has 0 saturated carbocycles. The van der Waals surface area contributed by atoms with Crippen molar-refractivity contribution in [3.8, 4) is 17.1 Å². The second-order valence-electron chi connectivity index (χ2n) is 4.75. The van der Waals surface area contributed by atoms with Gasteiger partial charge in [-0.25, -0.2) is 4.98 Å². The first-order valence-corrected chi connectivity index (χ1v) is 7.42. The summed E-state index contributed by atoms with van der Waals surface area (Å²) in [6.07, 6.45) is 0.925. The summed E-state index contributed by atoms with van der Waals surface area (Å²) in [5, 5.41) is 0. The van der Waals surface area contributed by atoms with Crippen molar-refractivity contribution in [1.29, 1.82) is 0 Å². The summed E-state index contributed by atoms with van der Waals surface area (Å²) in [4.78, 5) is 19.5. The van der Waals surface area contributed by atoms with Gasteiger partial charge in [-0.3, -0.25) is 4.79 Å². The van der Waals surface area contributed by atoms with E-state index in [1.54, 1.807) is 11.8 Å². The predicted molar refractivity (Wildman–Crippen MR) is 74.5 cm³/mol. The molecule has 0 radical (unpaired) electrons. The highest BCUT2D eigenvalue weighted by Gasteiger charge is 2.19. The third-order valence-electron chi connectivity index (χ3n) is 3.55.